The van der Waals surface area contributed by atoms with Gasteiger partial charge in [-0.1, -0.05) is 19.1 Å². The zero-order valence-corrected chi connectivity index (χ0v) is 14.1. The van der Waals surface area contributed by atoms with Crippen LogP contribution in [-0.4, -0.2) is 17.0 Å². The lowest BCUT2D eigenvalue weighted by Crippen LogP contribution is -2.37. The van der Waals surface area contributed by atoms with Crippen molar-refractivity contribution in [1.29, 1.82) is 0 Å². The minimum absolute atomic E-state index is 0.315. The van der Waals surface area contributed by atoms with Gasteiger partial charge in [-0.15, -0.1) is 0 Å². The summed E-state index contributed by atoms with van der Waals surface area (Å²) in [6, 6.07) is 6.64. The Balaban J connectivity index is 1.87. The molecule has 3 rings (SSSR count). The molecule has 5 nitrogen and oxygen atoms in total. The molecule has 0 spiro atoms. The van der Waals surface area contributed by atoms with Gasteiger partial charge in [0.05, 0.1) is 6.04 Å². The summed E-state index contributed by atoms with van der Waals surface area (Å²) in [6.45, 7) is 3.81. The van der Waals surface area contributed by atoms with Crippen LogP contribution in [0.1, 0.15) is 46.6 Å². The van der Waals surface area contributed by atoms with E-state index in [9.17, 15) is 22.8 Å². The quantitative estimate of drug-likeness (QED) is 0.875. The summed E-state index contributed by atoms with van der Waals surface area (Å²) in [4.78, 5) is 26.0. The Labute approximate surface area is 147 Å². The molecule has 0 fully saturated rings. The number of hydrogen-bond donors (Lipinski definition) is 2. The van der Waals surface area contributed by atoms with Crippen molar-refractivity contribution >= 4 is 5.91 Å². The number of aryl methyl sites for hydroxylation is 1. The van der Waals surface area contributed by atoms with Crippen molar-refractivity contribution in [3.05, 3.63) is 63.1 Å². The Morgan fingerprint density at radius 2 is 2.00 bits per heavy atom. The largest absolute Gasteiger partial charge is 0.488 e. The van der Waals surface area contributed by atoms with Crippen LogP contribution in [0.4, 0.5) is 13.2 Å². The first-order valence-electron chi connectivity index (χ1n) is 8.09. The standard InChI is InChI=1S/C18H17F3N2O3/c1-3-12-15(10-5-4-9(2)8-13(10)26-12)23-17(25)11-6-7-14(18(19,20)21)22-16(11)24/h4-8,12,15H,3H2,1-2H3,(H,22,24)(H,23,25). The highest BCUT2D eigenvalue weighted by Crippen LogP contribution is 2.38. The van der Waals surface area contributed by atoms with Crippen molar-refractivity contribution in [1.82, 2.24) is 10.3 Å². The minimum Gasteiger partial charge on any atom is -0.488 e. The van der Waals surface area contributed by atoms with Crippen LogP contribution >= 0.6 is 0 Å². The molecule has 138 valence electrons. The Hall–Kier alpha value is -2.77. The Bertz CT molecular complexity index is 905. The second kappa shape index (κ2) is 6.51. The van der Waals surface area contributed by atoms with Crippen LogP contribution in [0, 0.1) is 6.92 Å². The monoisotopic (exact) mass is 366 g/mol. The number of aromatic amines is 1. The predicted molar refractivity (Wildman–Crippen MR) is 88.2 cm³/mol. The van der Waals surface area contributed by atoms with E-state index in [4.69, 9.17) is 4.74 Å². The predicted octanol–water partition coefficient (Wildman–Crippen LogP) is 3.34. The van der Waals surface area contributed by atoms with E-state index in [1.165, 1.54) is 0 Å². The first kappa shape index (κ1) is 18.0. The van der Waals surface area contributed by atoms with Crippen LogP contribution in [0.5, 0.6) is 5.75 Å². The normalized spacial score (nSPS) is 19.0. The van der Waals surface area contributed by atoms with Crippen LogP contribution in [0.25, 0.3) is 0 Å². The van der Waals surface area contributed by atoms with Gasteiger partial charge < -0.3 is 15.0 Å². The third kappa shape index (κ3) is 3.31. The maximum Gasteiger partial charge on any atom is 0.431 e. The number of fused-ring (bicyclic) bond motifs is 1. The molecule has 0 aliphatic carbocycles. The average Bonchev–Trinajstić information content (AvgIpc) is 2.90. The van der Waals surface area contributed by atoms with Crippen molar-refractivity contribution in [3.63, 3.8) is 0 Å². The third-order valence-electron chi connectivity index (χ3n) is 4.30. The van der Waals surface area contributed by atoms with E-state index < -0.39 is 29.4 Å². The van der Waals surface area contributed by atoms with Gasteiger partial charge in [-0.25, -0.2) is 0 Å². The topological polar surface area (TPSA) is 71.2 Å². The summed E-state index contributed by atoms with van der Waals surface area (Å²) in [5.74, 6) is -0.0936. The number of carbonyl (C=O) groups excluding carboxylic acids is 1. The maximum absolute atomic E-state index is 12.6. The second-order valence-corrected chi connectivity index (χ2v) is 6.17. The van der Waals surface area contributed by atoms with Crippen molar-refractivity contribution in [2.24, 2.45) is 0 Å². The molecule has 0 radical (unpaired) electrons. The van der Waals surface area contributed by atoms with E-state index in [0.717, 1.165) is 17.2 Å². The molecular weight excluding hydrogens is 349 g/mol. The lowest BCUT2D eigenvalue weighted by molar-refractivity contribution is -0.141. The molecule has 26 heavy (non-hydrogen) atoms. The number of aromatic nitrogens is 1. The number of hydrogen-bond acceptors (Lipinski definition) is 3. The van der Waals surface area contributed by atoms with Gasteiger partial charge in [-0.3, -0.25) is 9.59 Å². The first-order chi connectivity index (χ1) is 12.2. The highest BCUT2D eigenvalue weighted by Gasteiger charge is 2.36. The van der Waals surface area contributed by atoms with E-state index in [-0.39, 0.29) is 11.7 Å². The number of alkyl halides is 3. The summed E-state index contributed by atoms with van der Waals surface area (Å²) in [7, 11) is 0. The lowest BCUT2D eigenvalue weighted by Gasteiger charge is -2.19. The fourth-order valence-electron chi connectivity index (χ4n) is 2.96. The fourth-order valence-corrected chi connectivity index (χ4v) is 2.96. The lowest BCUT2D eigenvalue weighted by atomic mass is 10.0. The van der Waals surface area contributed by atoms with Crippen LogP contribution in [0.2, 0.25) is 0 Å². The van der Waals surface area contributed by atoms with Crippen molar-refractivity contribution in [2.45, 2.75) is 38.6 Å². The molecule has 2 heterocycles. The minimum atomic E-state index is -4.68. The van der Waals surface area contributed by atoms with Gasteiger partial charge in [0.25, 0.3) is 11.5 Å². The highest BCUT2D eigenvalue weighted by molar-refractivity contribution is 5.94. The molecule has 0 bridgehead atoms. The zero-order chi connectivity index (χ0) is 19.1. The third-order valence-corrected chi connectivity index (χ3v) is 4.30. The average molecular weight is 366 g/mol. The molecule has 2 N–H and O–H groups in total. The Morgan fingerprint density at radius 1 is 1.27 bits per heavy atom. The van der Waals surface area contributed by atoms with Gasteiger partial charge in [0.15, 0.2) is 0 Å². The van der Waals surface area contributed by atoms with E-state index in [0.29, 0.717) is 18.2 Å². The molecule has 2 unspecified atom stereocenters. The summed E-state index contributed by atoms with van der Waals surface area (Å²) in [5, 5.41) is 2.71. The molecule has 1 aliphatic rings. The number of nitrogens with one attached hydrogen (secondary N) is 2. The van der Waals surface area contributed by atoms with E-state index in [2.05, 4.69) is 5.32 Å². The zero-order valence-electron chi connectivity index (χ0n) is 14.1. The first-order valence-corrected chi connectivity index (χ1v) is 8.09. The molecule has 1 aromatic heterocycles. The number of carbonyl (C=O) groups is 1. The summed E-state index contributed by atoms with van der Waals surface area (Å²) in [5.41, 5.74) is -0.888. The molecule has 2 aromatic rings. The Morgan fingerprint density at radius 3 is 2.62 bits per heavy atom. The van der Waals surface area contributed by atoms with Crippen molar-refractivity contribution in [2.75, 3.05) is 0 Å². The smallest absolute Gasteiger partial charge is 0.431 e. The van der Waals surface area contributed by atoms with Crippen molar-refractivity contribution in [3.8, 4) is 5.75 Å². The van der Waals surface area contributed by atoms with Gasteiger partial charge in [-0.2, -0.15) is 13.2 Å². The number of benzene rings is 1. The summed E-state index contributed by atoms with van der Waals surface area (Å²) in [6.07, 6.45) is -4.39. The van der Waals surface area contributed by atoms with Crippen LogP contribution in [0.15, 0.2) is 35.1 Å². The molecule has 1 aliphatic heterocycles. The van der Waals surface area contributed by atoms with Crippen LogP contribution in [-0.2, 0) is 6.18 Å². The molecular formula is C18H17F3N2O3. The van der Waals surface area contributed by atoms with E-state index in [1.54, 1.807) is 4.98 Å². The number of ether oxygens (including phenoxy) is 1. The molecule has 0 saturated heterocycles. The SMILES string of the molecule is CCC1Oc2cc(C)ccc2C1NC(=O)c1ccc(C(F)(F)F)[nH]c1=O. The second-order valence-electron chi connectivity index (χ2n) is 6.17. The summed E-state index contributed by atoms with van der Waals surface area (Å²) < 4.78 is 43.7. The maximum atomic E-state index is 12.6. The number of amides is 1. The molecule has 2 atom stereocenters. The molecule has 1 amide bonds. The molecule has 8 heteroatoms. The van der Waals surface area contributed by atoms with Crippen LogP contribution < -0.4 is 15.6 Å². The number of halogens is 3. The van der Waals surface area contributed by atoms with Crippen molar-refractivity contribution < 1.29 is 22.7 Å². The van der Waals surface area contributed by atoms with Gasteiger partial charge in [0.2, 0.25) is 0 Å². The van der Waals surface area contributed by atoms with Gasteiger partial charge in [-0.05, 0) is 37.1 Å². The molecule has 1 aromatic carbocycles. The number of H-pyrrole nitrogens is 1. The van der Waals surface area contributed by atoms with E-state index >= 15 is 0 Å². The fraction of sp³-hybridized carbons (Fsp3) is 0.333. The number of pyridine rings is 1. The number of rotatable bonds is 3. The van der Waals surface area contributed by atoms with Gasteiger partial charge in [0, 0.05) is 5.56 Å². The van der Waals surface area contributed by atoms with Gasteiger partial charge >= 0.3 is 6.18 Å². The summed E-state index contributed by atoms with van der Waals surface area (Å²) >= 11 is 0. The molecule has 0 saturated carbocycles. The van der Waals surface area contributed by atoms with Crippen LogP contribution in [0.3, 0.4) is 0 Å². The highest BCUT2D eigenvalue weighted by atomic mass is 19.4. The van der Waals surface area contributed by atoms with Gasteiger partial charge in [0.1, 0.15) is 23.1 Å². The van der Waals surface area contributed by atoms with E-state index in [1.807, 2.05) is 32.0 Å². The Kier molecular flexibility index (Phi) is 4.52.